The molecule has 2 nitrogen and oxygen atoms in total. The Labute approximate surface area is 163 Å². The van der Waals surface area contributed by atoms with Gasteiger partial charge in [-0.25, -0.2) is 0 Å². The highest BCUT2D eigenvalue weighted by molar-refractivity contribution is 8.02. The maximum absolute atomic E-state index is 10.8. The van der Waals surface area contributed by atoms with Crippen LogP contribution in [0.15, 0.2) is 23.1 Å². The fraction of sp³-hybridized carbons (Fsp3) is 0.652. The summed E-state index contributed by atoms with van der Waals surface area (Å²) in [5.74, 6) is 2.02. The molecule has 0 aromatic heterocycles. The summed E-state index contributed by atoms with van der Waals surface area (Å²) in [6, 6.07) is 4.17. The predicted molar refractivity (Wildman–Crippen MR) is 112 cm³/mol. The van der Waals surface area contributed by atoms with Crippen LogP contribution < -0.4 is 4.74 Å². The molecule has 0 bridgehead atoms. The van der Waals surface area contributed by atoms with E-state index < -0.39 is 0 Å². The first-order chi connectivity index (χ1) is 12.5. The zero-order chi connectivity index (χ0) is 18.7. The molecule has 0 saturated heterocycles. The summed E-state index contributed by atoms with van der Waals surface area (Å²) in [6.07, 6.45) is 14.2. The van der Waals surface area contributed by atoms with Crippen molar-refractivity contribution in [3.05, 3.63) is 34.2 Å². The zero-order valence-electron chi connectivity index (χ0n) is 16.8. The van der Waals surface area contributed by atoms with E-state index in [2.05, 4.69) is 39.2 Å². The number of phenols is 1. The van der Waals surface area contributed by atoms with Gasteiger partial charge in [-0.05, 0) is 68.4 Å². The van der Waals surface area contributed by atoms with Gasteiger partial charge in [0.25, 0.3) is 0 Å². The van der Waals surface area contributed by atoms with E-state index in [0.717, 1.165) is 30.6 Å². The molecule has 0 radical (unpaired) electrons. The van der Waals surface area contributed by atoms with Crippen LogP contribution in [0.1, 0.15) is 82.8 Å². The summed E-state index contributed by atoms with van der Waals surface area (Å²) >= 11 is 1.84. The second kappa shape index (κ2) is 8.29. The SMILES string of the molecule is CCCCCCCc1cc(O)c2c(c1)OC(C)(C)C1CCC(SC)=CC21. The Morgan fingerprint density at radius 2 is 1.96 bits per heavy atom. The van der Waals surface area contributed by atoms with Crippen LogP contribution in [0, 0.1) is 5.92 Å². The van der Waals surface area contributed by atoms with Crippen molar-refractivity contribution in [2.24, 2.45) is 5.92 Å². The first-order valence-corrected chi connectivity index (χ1v) is 11.5. The van der Waals surface area contributed by atoms with Gasteiger partial charge < -0.3 is 9.84 Å². The van der Waals surface area contributed by atoms with Crippen LogP contribution in [-0.2, 0) is 6.42 Å². The molecule has 2 unspecified atom stereocenters. The van der Waals surface area contributed by atoms with Gasteiger partial charge in [0.2, 0.25) is 0 Å². The molecule has 2 atom stereocenters. The third kappa shape index (κ3) is 4.08. The summed E-state index contributed by atoms with van der Waals surface area (Å²) < 4.78 is 6.43. The number of hydrogen-bond donors (Lipinski definition) is 1. The lowest BCUT2D eigenvalue weighted by Crippen LogP contribution is -2.45. The highest BCUT2D eigenvalue weighted by Gasteiger charge is 2.45. The van der Waals surface area contributed by atoms with Crippen LogP contribution in [0.25, 0.3) is 0 Å². The number of ether oxygens (including phenoxy) is 1. The Hall–Kier alpha value is -1.09. The molecule has 3 heteroatoms. The topological polar surface area (TPSA) is 29.5 Å². The predicted octanol–water partition coefficient (Wildman–Crippen LogP) is 6.82. The fourth-order valence-electron chi connectivity index (χ4n) is 4.63. The minimum atomic E-state index is -0.190. The van der Waals surface area contributed by atoms with Gasteiger partial charge in [-0.2, -0.15) is 0 Å². The third-order valence-electron chi connectivity index (χ3n) is 6.11. The molecule has 0 saturated carbocycles. The molecule has 1 heterocycles. The van der Waals surface area contributed by atoms with Crippen LogP contribution >= 0.6 is 11.8 Å². The summed E-state index contributed by atoms with van der Waals surface area (Å²) in [7, 11) is 0. The Kier molecular flexibility index (Phi) is 6.27. The molecule has 2 aliphatic rings. The number of fused-ring (bicyclic) bond motifs is 3. The van der Waals surface area contributed by atoms with Crippen molar-refractivity contribution >= 4 is 11.8 Å². The van der Waals surface area contributed by atoms with E-state index in [-0.39, 0.29) is 11.5 Å². The Morgan fingerprint density at radius 1 is 1.19 bits per heavy atom. The number of hydrogen-bond acceptors (Lipinski definition) is 3. The first kappa shape index (κ1) is 19.7. The van der Waals surface area contributed by atoms with E-state index in [1.54, 1.807) is 0 Å². The van der Waals surface area contributed by atoms with Gasteiger partial charge in [0, 0.05) is 17.4 Å². The normalized spacial score (nSPS) is 23.6. The number of phenolic OH excluding ortho intramolecular Hbond substituents is 1. The van der Waals surface area contributed by atoms with Crippen molar-refractivity contribution in [2.75, 3.05) is 6.26 Å². The summed E-state index contributed by atoms with van der Waals surface area (Å²) in [5, 5.41) is 10.8. The lowest BCUT2D eigenvalue weighted by molar-refractivity contribution is 0.0112. The molecule has 0 spiro atoms. The van der Waals surface area contributed by atoms with Crippen molar-refractivity contribution in [3.8, 4) is 11.5 Å². The Morgan fingerprint density at radius 3 is 2.69 bits per heavy atom. The van der Waals surface area contributed by atoms with Gasteiger partial charge in [0.05, 0.1) is 0 Å². The molecular formula is C23H34O2S. The molecule has 144 valence electrons. The highest BCUT2D eigenvalue weighted by Crippen LogP contribution is 2.54. The van der Waals surface area contributed by atoms with Gasteiger partial charge in [0.1, 0.15) is 17.1 Å². The molecule has 1 N–H and O–H groups in total. The highest BCUT2D eigenvalue weighted by atomic mass is 32.2. The minimum absolute atomic E-state index is 0.190. The van der Waals surface area contributed by atoms with Crippen LogP contribution in [0.4, 0.5) is 0 Å². The Balaban J connectivity index is 1.85. The van der Waals surface area contributed by atoms with Crippen LogP contribution in [0.2, 0.25) is 0 Å². The quantitative estimate of drug-likeness (QED) is 0.531. The number of rotatable bonds is 7. The largest absolute Gasteiger partial charge is 0.507 e. The number of thioether (sulfide) groups is 1. The van der Waals surface area contributed by atoms with Crippen LogP contribution in [-0.4, -0.2) is 17.0 Å². The average Bonchev–Trinajstić information content (AvgIpc) is 2.60. The minimum Gasteiger partial charge on any atom is -0.507 e. The Bertz CT molecular complexity index is 662. The monoisotopic (exact) mass is 374 g/mol. The molecule has 3 rings (SSSR count). The number of aryl methyl sites for hydroxylation is 1. The summed E-state index contributed by atoms with van der Waals surface area (Å²) in [4.78, 5) is 1.44. The third-order valence-corrected chi connectivity index (χ3v) is 6.98. The van der Waals surface area contributed by atoms with Crippen molar-refractivity contribution in [1.82, 2.24) is 0 Å². The first-order valence-electron chi connectivity index (χ1n) is 10.3. The fourth-order valence-corrected chi connectivity index (χ4v) is 5.24. The summed E-state index contributed by atoms with van der Waals surface area (Å²) in [5.41, 5.74) is 2.02. The standard InChI is InChI=1S/C23H34O2S/c1-5-6-7-8-9-10-16-13-20(24)22-18-15-17(26-4)11-12-19(18)23(2,3)25-21(22)14-16/h13-15,18-19,24H,5-12H2,1-4H3. The summed E-state index contributed by atoms with van der Waals surface area (Å²) in [6.45, 7) is 6.66. The van der Waals surface area contributed by atoms with E-state index >= 15 is 0 Å². The molecule has 1 aliphatic heterocycles. The molecule has 0 fully saturated rings. The second-order valence-electron chi connectivity index (χ2n) is 8.40. The van der Waals surface area contributed by atoms with Crippen LogP contribution in [0.3, 0.4) is 0 Å². The smallest absolute Gasteiger partial charge is 0.127 e. The van der Waals surface area contributed by atoms with E-state index in [4.69, 9.17) is 4.74 Å². The molecule has 1 aromatic carbocycles. The average molecular weight is 375 g/mol. The number of aromatic hydroxyl groups is 1. The maximum atomic E-state index is 10.8. The molecule has 1 aliphatic carbocycles. The molecule has 1 aromatic rings. The van der Waals surface area contributed by atoms with Gasteiger partial charge >= 0.3 is 0 Å². The lowest BCUT2D eigenvalue weighted by Gasteiger charge is -2.46. The second-order valence-corrected chi connectivity index (χ2v) is 9.34. The van der Waals surface area contributed by atoms with E-state index in [0.29, 0.717) is 11.7 Å². The van der Waals surface area contributed by atoms with E-state index in [9.17, 15) is 5.11 Å². The van der Waals surface area contributed by atoms with Crippen molar-refractivity contribution < 1.29 is 9.84 Å². The van der Waals surface area contributed by atoms with Gasteiger partial charge in [0.15, 0.2) is 0 Å². The number of allylic oxidation sites excluding steroid dienone is 2. The van der Waals surface area contributed by atoms with Crippen molar-refractivity contribution in [2.45, 2.75) is 83.7 Å². The maximum Gasteiger partial charge on any atom is 0.127 e. The van der Waals surface area contributed by atoms with Crippen LogP contribution in [0.5, 0.6) is 11.5 Å². The molecule has 26 heavy (non-hydrogen) atoms. The van der Waals surface area contributed by atoms with E-state index in [1.165, 1.54) is 42.6 Å². The molecule has 0 amide bonds. The number of benzene rings is 1. The van der Waals surface area contributed by atoms with Gasteiger partial charge in [-0.1, -0.05) is 38.7 Å². The van der Waals surface area contributed by atoms with Gasteiger partial charge in [-0.15, -0.1) is 11.8 Å². The zero-order valence-corrected chi connectivity index (χ0v) is 17.6. The number of unbranched alkanes of at least 4 members (excludes halogenated alkanes) is 4. The van der Waals surface area contributed by atoms with E-state index in [1.807, 2.05) is 17.8 Å². The van der Waals surface area contributed by atoms with Crippen molar-refractivity contribution in [1.29, 1.82) is 0 Å². The molecular weight excluding hydrogens is 340 g/mol. The lowest BCUT2D eigenvalue weighted by atomic mass is 9.69. The van der Waals surface area contributed by atoms with Crippen molar-refractivity contribution in [3.63, 3.8) is 0 Å². The van der Waals surface area contributed by atoms with Gasteiger partial charge in [-0.3, -0.25) is 0 Å².